The summed E-state index contributed by atoms with van der Waals surface area (Å²) < 4.78 is 11.8. The van der Waals surface area contributed by atoms with Crippen molar-refractivity contribution in [2.75, 3.05) is 26.2 Å². The number of phenolic OH excluding ortho intramolecular Hbond substituents is 1. The number of nitrogens with one attached hydrogen (secondary N) is 1. The molecule has 0 aliphatic carbocycles. The Morgan fingerprint density at radius 2 is 1.76 bits per heavy atom. The Kier molecular flexibility index (Phi) is 6.08. The van der Waals surface area contributed by atoms with E-state index in [0.29, 0.717) is 30.2 Å². The molecule has 2 atom stereocenters. The molecule has 2 aromatic rings. The van der Waals surface area contributed by atoms with Crippen LogP contribution in [0.15, 0.2) is 48.5 Å². The number of amides is 3. The largest absolute Gasteiger partial charge is 0.508 e. The smallest absolute Gasteiger partial charge is 0.325 e. The maximum Gasteiger partial charge on any atom is 0.325 e. The highest BCUT2D eigenvalue weighted by molar-refractivity contribution is 6.07. The summed E-state index contributed by atoms with van der Waals surface area (Å²) in [6.07, 6.45) is 1.75. The van der Waals surface area contributed by atoms with Crippen molar-refractivity contribution in [1.29, 1.82) is 0 Å². The fourth-order valence-electron chi connectivity index (χ4n) is 5.44. The number of piperidine rings is 1. The number of rotatable bonds is 6. The minimum Gasteiger partial charge on any atom is -0.508 e. The van der Waals surface area contributed by atoms with E-state index in [9.17, 15) is 14.7 Å². The van der Waals surface area contributed by atoms with E-state index in [4.69, 9.17) is 9.47 Å². The van der Waals surface area contributed by atoms with E-state index < -0.39 is 11.6 Å². The van der Waals surface area contributed by atoms with E-state index >= 15 is 0 Å². The van der Waals surface area contributed by atoms with Crippen LogP contribution in [0.25, 0.3) is 0 Å². The normalized spacial score (nSPS) is 25.4. The number of imide groups is 1. The minimum absolute atomic E-state index is 0.0591. The van der Waals surface area contributed by atoms with Gasteiger partial charge in [-0.25, -0.2) is 4.79 Å². The fraction of sp³-hybridized carbons (Fsp3) is 0.462. The molecule has 0 unspecified atom stereocenters. The number of ether oxygens (including phenoxy) is 2. The first kappa shape index (κ1) is 22.5. The summed E-state index contributed by atoms with van der Waals surface area (Å²) in [5.41, 5.74) is 0.0183. The van der Waals surface area contributed by atoms with Gasteiger partial charge in [0.2, 0.25) is 0 Å². The monoisotopic (exact) mass is 465 g/mol. The van der Waals surface area contributed by atoms with Crippen LogP contribution in [0, 0.1) is 5.92 Å². The van der Waals surface area contributed by atoms with E-state index in [-0.39, 0.29) is 31.0 Å². The summed E-state index contributed by atoms with van der Waals surface area (Å²) in [7, 11) is 0. The van der Waals surface area contributed by atoms with Gasteiger partial charge in [-0.05, 0) is 56.5 Å². The molecule has 8 heteroatoms. The van der Waals surface area contributed by atoms with Crippen molar-refractivity contribution in [2.45, 2.75) is 44.4 Å². The molecule has 0 saturated carbocycles. The Labute approximate surface area is 199 Å². The lowest BCUT2D eigenvalue weighted by Gasteiger charge is -2.40. The van der Waals surface area contributed by atoms with Gasteiger partial charge >= 0.3 is 6.03 Å². The van der Waals surface area contributed by atoms with Crippen LogP contribution in [-0.2, 0) is 11.3 Å². The van der Waals surface area contributed by atoms with E-state index in [0.717, 1.165) is 31.5 Å². The number of urea groups is 1. The second-order valence-corrected chi connectivity index (χ2v) is 9.35. The van der Waals surface area contributed by atoms with E-state index in [2.05, 4.69) is 10.2 Å². The van der Waals surface area contributed by atoms with Gasteiger partial charge in [0.15, 0.2) is 17.6 Å². The van der Waals surface area contributed by atoms with Gasteiger partial charge in [-0.15, -0.1) is 0 Å². The Morgan fingerprint density at radius 1 is 1.06 bits per heavy atom. The Morgan fingerprint density at radius 3 is 2.50 bits per heavy atom. The van der Waals surface area contributed by atoms with Crippen LogP contribution in [0.3, 0.4) is 0 Å². The van der Waals surface area contributed by atoms with Crippen molar-refractivity contribution in [3.05, 3.63) is 54.1 Å². The van der Waals surface area contributed by atoms with Crippen LogP contribution in [-0.4, -0.2) is 64.7 Å². The molecule has 0 aromatic heterocycles. The first-order valence-electron chi connectivity index (χ1n) is 12.0. The Hall–Kier alpha value is -3.26. The van der Waals surface area contributed by atoms with Gasteiger partial charge in [0.1, 0.15) is 17.9 Å². The highest BCUT2D eigenvalue weighted by atomic mass is 16.6. The fourth-order valence-corrected chi connectivity index (χ4v) is 5.44. The number of carbonyl (C=O) groups is 2. The highest BCUT2D eigenvalue weighted by Gasteiger charge is 2.55. The Balaban J connectivity index is 1.23. The summed E-state index contributed by atoms with van der Waals surface area (Å²) in [6, 6.07) is 14.4. The third-order valence-electron chi connectivity index (χ3n) is 7.38. The van der Waals surface area contributed by atoms with Crippen LogP contribution < -0.4 is 14.8 Å². The standard InChI is InChI=1S/C26H31N3O5/c1-2-26(19-11-13-28(14-12-19)15-18-7-3-4-8-21(18)30)24(31)29(25(32)27-26)16-20-17-33-22-9-5-6-10-23(22)34-20/h3-10,19-20,30H,2,11-17H2,1H3,(H,27,32)/t20-,26+/m1/s1. The van der Waals surface area contributed by atoms with Crippen molar-refractivity contribution in [3.8, 4) is 17.2 Å². The number of nitrogens with zero attached hydrogens (tertiary/aromatic N) is 2. The van der Waals surface area contributed by atoms with Gasteiger partial charge in [0, 0.05) is 12.1 Å². The molecule has 180 valence electrons. The van der Waals surface area contributed by atoms with Crippen LogP contribution in [0.4, 0.5) is 4.79 Å². The molecule has 34 heavy (non-hydrogen) atoms. The van der Waals surface area contributed by atoms with Crippen molar-refractivity contribution >= 4 is 11.9 Å². The topological polar surface area (TPSA) is 91.3 Å². The SMILES string of the molecule is CC[C@@]1(C2CCN(Cc3ccccc3O)CC2)NC(=O)N(C[C@@H]2COc3ccccc3O2)C1=O. The van der Waals surface area contributed by atoms with Crippen LogP contribution in [0.2, 0.25) is 0 Å². The van der Waals surface area contributed by atoms with Crippen LogP contribution >= 0.6 is 0 Å². The lowest BCUT2D eigenvalue weighted by Crippen LogP contribution is -2.56. The predicted octanol–water partition coefficient (Wildman–Crippen LogP) is 3.14. The average molecular weight is 466 g/mol. The molecular weight excluding hydrogens is 434 g/mol. The second-order valence-electron chi connectivity index (χ2n) is 9.35. The lowest BCUT2D eigenvalue weighted by atomic mass is 9.75. The molecule has 3 aliphatic rings. The van der Waals surface area contributed by atoms with Gasteiger partial charge < -0.3 is 19.9 Å². The first-order valence-corrected chi connectivity index (χ1v) is 12.0. The van der Waals surface area contributed by atoms with Crippen molar-refractivity contribution in [1.82, 2.24) is 15.1 Å². The van der Waals surface area contributed by atoms with Gasteiger partial charge in [-0.3, -0.25) is 14.6 Å². The highest BCUT2D eigenvalue weighted by Crippen LogP contribution is 2.37. The zero-order chi connectivity index (χ0) is 23.7. The molecule has 2 aromatic carbocycles. The summed E-state index contributed by atoms with van der Waals surface area (Å²) in [4.78, 5) is 30.1. The number of aromatic hydroxyl groups is 1. The van der Waals surface area contributed by atoms with Crippen LogP contribution in [0.5, 0.6) is 17.2 Å². The van der Waals surface area contributed by atoms with Gasteiger partial charge in [0.25, 0.3) is 5.91 Å². The zero-order valence-corrected chi connectivity index (χ0v) is 19.4. The number of carbonyl (C=O) groups excluding carboxylic acids is 2. The lowest BCUT2D eigenvalue weighted by molar-refractivity contribution is -0.135. The molecule has 3 heterocycles. The average Bonchev–Trinajstić information content (AvgIpc) is 3.11. The molecule has 0 bridgehead atoms. The molecule has 0 spiro atoms. The molecule has 8 nitrogen and oxygen atoms in total. The molecule has 5 rings (SSSR count). The molecule has 0 radical (unpaired) electrons. The zero-order valence-electron chi connectivity index (χ0n) is 19.4. The third kappa shape index (κ3) is 4.07. The van der Waals surface area contributed by atoms with E-state index in [1.807, 2.05) is 49.4 Å². The van der Waals surface area contributed by atoms with E-state index in [1.165, 1.54) is 4.90 Å². The summed E-state index contributed by atoms with van der Waals surface area (Å²) >= 11 is 0. The van der Waals surface area contributed by atoms with Gasteiger partial charge in [0.05, 0.1) is 6.54 Å². The summed E-state index contributed by atoms with van der Waals surface area (Å²) in [5.74, 6) is 1.50. The molecule has 2 N–H and O–H groups in total. The molecule has 2 saturated heterocycles. The maximum absolute atomic E-state index is 13.6. The number of likely N-dealkylation sites (tertiary alicyclic amines) is 1. The maximum atomic E-state index is 13.6. The third-order valence-corrected chi connectivity index (χ3v) is 7.38. The number of fused-ring (bicyclic) bond motifs is 1. The summed E-state index contributed by atoms with van der Waals surface area (Å²) in [6.45, 7) is 4.70. The van der Waals surface area contributed by atoms with Crippen molar-refractivity contribution < 1.29 is 24.2 Å². The molecule has 3 amide bonds. The van der Waals surface area contributed by atoms with Gasteiger partial charge in [-0.1, -0.05) is 37.3 Å². The molecule has 3 aliphatic heterocycles. The minimum atomic E-state index is -0.883. The number of hydrogen-bond acceptors (Lipinski definition) is 6. The number of benzene rings is 2. The number of hydrogen-bond donors (Lipinski definition) is 2. The summed E-state index contributed by atoms with van der Waals surface area (Å²) in [5, 5.41) is 13.1. The predicted molar refractivity (Wildman–Crippen MR) is 126 cm³/mol. The molecular formula is C26H31N3O5. The Bertz CT molecular complexity index is 1070. The first-order chi connectivity index (χ1) is 16.5. The van der Waals surface area contributed by atoms with E-state index in [1.54, 1.807) is 6.07 Å². The number of phenols is 1. The van der Waals surface area contributed by atoms with Crippen molar-refractivity contribution in [3.63, 3.8) is 0 Å². The quantitative estimate of drug-likeness (QED) is 0.637. The molecule has 2 fully saturated rings. The number of para-hydroxylation sites is 3. The van der Waals surface area contributed by atoms with Gasteiger partial charge in [-0.2, -0.15) is 0 Å². The van der Waals surface area contributed by atoms with Crippen molar-refractivity contribution in [2.24, 2.45) is 5.92 Å². The van der Waals surface area contributed by atoms with Crippen LogP contribution in [0.1, 0.15) is 31.7 Å². The second kappa shape index (κ2) is 9.18.